The van der Waals surface area contributed by atoms with Crippen molar-refractivity contribution < 1.29 is 19.1 Å². The number of para-hydroxylation sites is 1. The molecule has 2 aromatic rings. The van der Waals surface area contributed by atoms with Gasteiger partial charge in [0, 0.05) is 16.9 Å². The number of hydrogen-bond acceptors (Lipinski definition) is 6. The van der Waals surface area contributed by atoms with Crippen molar-refractivity contribution in [2.24, 2.45) is 5.73 Å². The van der Waals surface area contributed by atoms with Crippen LogP contribution in [-0.4, -0.2) is 29.2 Å². The Balaban J connectivity index is 2.16. The fourth-order valence-electron chi connectivity index (χ4n) is 3.50. The van der Waals surface area contributed by atoms with E-state index in [1.54, 1.807) is 31.2 Å². The normalized spacial score (nSPS) is 21.2. The standard InChI is InChI=1S/C16H14N4O4/c1-7-10-13(20-19-7)24-12(17)11(14(21)23-2)16(10)8-5-3-4-6-9(8)18-15(16)22/h3-6H,17H2,1-2H3,(H,18,22)(H,19,20). The van der Waals surface area contributed by atoms with E-state index in [0.717, 1.165) is 0 Å². The first-order valence-corrected chi connectivity index (χ1v) is 7.24. The number of hydrogen-bond donors (Lipinski definition) is 3. The molecule has 1 aromatic carbocycles. The number of amides is 1. The van der Waals surface area contributed by atoms with Gasteiger partial charge in [0.25, 0.3) is 0 Å². The molecule has 8 nitrogen and oxygen atoms in total. The van der Waals surface area contributed by atoms with E-state index >= 15 is 0 Å². The van der Waals surface area contributed by atoms with Gasteiger partial charge in [0.15, 0.2) is 0 Å². The number of rotatable bonds is 1. The predicted octanol–water partition coefficient (Wildman–Crippen LogP) is 0.692. The summed E-state index contributed by atoms with van der Waals surface area (Å²) in [5.41, 5.74) is 6.73. The van der Waals surface area contributed by atoms with Gasteiger partial charge in [-0.1, -0.05) is 18.2 Å². The molecular weight excluding hydrogens is 312 g/mol. The Hall–Kier alpha value is -3.29. The van der Waals surface area contributed by atoms with Crippen molar-refractivity contribution in [3.05, 3.63) is 52.5 Å². The number of aryl methyl sites for hydroxylation is 1. The summed E-state index contributed by atoms with van der Waals surface area (Å²) in [6.45, 7) is 1.75. The van der Waals surface area contributed by atoms with Gasteiger partial charge in [-0.05, 0) is 13.0 Å². The zero-order chi connectivity index (χ0) is 17.1. The number of carbonyl (C=O) groups is 2. The van der Waals surface area contributed by atoms with Gasteiger partial charge in [0.1, 0.15) is 11.0 Å². The Morgan fingerprint density at radius 2 is 2.12 bits per heavy atom. The van der Waals surface area contributed by atoms with Gasteiger partial charge in [-0.3, -0.25) is 9.89 Å². The predicted molar refractivity (Wildman–Crippen MR) is 83.0 cm³/mol. The number of ether oxygens (including phenoxy) is 2. The van der Waals surface area contributed by atoms with Crippen LogP contribution in [0.5, 0.6) is 5.88 Å². The number of nitrogens with two attached hydrogens (primary N) is 1. The Kier molecular flexibility index (Phi) is 2.75. The lowest BCUT2D eigenvalue weighted by atomic mass is 9.68. The highest BCUT2D eigenvalue weighted by Gasteiger charge is 2.60. The Morgan fingerprint density at radius 1 is 1.38 bits per heavy atom. The highest BCUT2D eigenvalue weighted by atomic mass is 16.5. The largest absolute Gasteiger partial charge is 0.465 e. The number of nitrogens with one attached hydrogen (secondary N) is 2. The first kappa shape index (κ1) is 14.3. The van der Waals surface area contributed by atoms with Crippen LogP contribution in [0, 0.1) is 6.92 Å². The van der Waals surface area contributed by atoms with E-state index in [0.29, 0.717) is 22.5 Å². The van der Waals surface area contributed by atoms with Crippen molar-refractivity contribution >= 4 is 17.6 Å². The van der Waals surface area contributed by atoms with Crippen molar-refractivity contribution in [1.82, 2.24) is 10.2 Å². The van der Waals surface area contributed by atoms with Crippen LogP contribution in [-0.2, 0) is 19.7 Å². The van der Waals surface area contributed by atoms with Gasteiger partial charge >= 0.3 is 5.97 Å². The maximum atomic E-state index is 13.1. The molecular formula is C16H14N4O4. The van der Waals surface area contributed by atoms with E-state index in [-0.39, 0.29) is 17.3 Å². The molecule has 2 aliphatic heterocycles. The number of aromatic nitrogens is 2. The Morgan fingerprint density at radius 3 is 2.88 bits per heavy atom. The highest BCUT2D eigenvalue weighted by Crippen LogP contribution is 2.53. The second-order valence-corrected chi connectivity index (χ2v) is 5.61. The topological polar surface area (TPSA) is 119 Å². The fourth-order valence-corrected chi connectivity index (χ4v) is 3.50. The van der Waals surface area contributed by atoms with E-state index < -0.39 is 17.3 Å². The summed E-state index contributed by atoms with van der Waals surface area (Å²) in [6.07, 6.45) is 0. The van der Waals surface area contributed by atoms with E-state index in [9.17, 15) is 9.59 Å². The van der Waals surface area contributed by atoms with Crippen molar-refractivity contribution in [2.45, 2.75) is 12.3 Å². The van der Waals surface area contributed by atoms with Crippen LogP contribution in [0.3, 0.4) is 0 Å². The second-order valence-electron chi connectivity index (χ2n) is 5.61. The number of esters is 1. The van der Waals surface area contributed by atoms with Crippen LogP contribution < -0.4 is 15.8 Å². The average Bonchev–Trinajstić information content (AvgIpc) is 3.06. The molecule has 24 heavy (non-hydrogen) atoms. The summed E-state index contributed by atoms with van der Waals surface area (Å²) >= 11 is 0. The lowest BCUT2D eigenvalue weighted by Gasteiger charge is -2.33. The number of methoxy groups -OCH3 is 1. The molecule has 0 aliphatic carbocycles. The van der Waals surface area contributed by atoms with Crippen molar-refractivity contribution in [3.63, 3.8) is 0 Å². The number of nitrogens with zero attached hydrogens (tertiary/aromatic N) is 1. The molecule has 2 aliphatic rings. The summed E-state index contributed by atoms with van der Waals surface area (Å²) in [7, 11) is 1.23. The van der Waals surface area contributed by atoms with Crippen LogP contribution in [0.1, 0.15) is 16.8 Å². The molecule has 1 spiro atoms. The molecule has 1 aromatic heterocycles. The average molecular weight is 326 g/mol. The summed E-state index contributed by atoms with van der Waals surface area (Å²) in [6, 6.07) is 7.12. The van der Waals surface area contributed by atoms with Gasteiger partial charge in [-0.2, -0.15) is 0 Å². The van der Waals surface area contributed by atoms with E-state index in [2.05, 4.69) is 15.5 Å². The van der Waals surface area contributed by atoms with Crippen LogP contribution in [0.25, 0.3) is 0 Å². The first-order chi connectivity index (χ1) is 11.5. The number of carbonyl (C=O) groups excluding carboxylic acids is 2. The Labute approximate surface area is 136 Å². The molecule has 0 bridgehead atoms. The maximum absolute atomic E-state index is 13.1. The van der Waals surface area contributed by atoms with Gasteiger partial charge in [0.2, 0.25) is 17.7 Å². The summed E-state index contributed by atoms with van der Waals surface area (Å²) in [5.74, 6) is -1.16. The molecule has 3 heterocycles. The maximum Gasteiger partial charge on any atom is 0.340 e. The van der Waals surface area contributed by atoms with Crippen LogP contribution in [0.4, 0.5) is 5.69 Å². The molecule has 0 saturated heterocycles. The third-order valence-electron chi connectivity index (χ3n) is 4.43. The quantitative estimate of drug-likeness (QED) is 0.663. The molecule has 1 amide bonds. The smallest absolute Gasteiger partial charge is 0.340 e. The lowest BCUT2D eigenvalue weighted by molar-refractivity contribution is -0.138. The van der Waals surface area contributed by atoms with Gasteiger partial charge in [0.05, 0.1) is 12.7 Å². The van der Waals surface area contributed by atoms with E-state index in [1.165, 1.54) is 7.11 Å². The molecule has 4 N–H and O–H groups in total. The number of benzene rings is 1. The van der Waals surface area contributed by atoms with Crippen molar-refractivity contribution in [2.75, 3.05) is 12.4 Å². The lowest BCUT2D eigenvalue weighted by Crippen LogP contribution is -2.45. The monoisotopic (exact) mass is 326 g/mol. The summed E-state index contributed by atoms with van der Waals surface area (Å²) < 4.78 is 10.3. The number of fused-ring (bicyclic) bond motifs is 4. The summed E-state index contributed by atoms with van der Waals surface area (Å²) in [5, 5.41) is 9.66. The third-order valence-corrected chi connectivity index (χ3v) is 4.43. The fraction of sp³-hybridized carbons (Fsp3) is 0.188. The molecule has 8 heteroatoms. The number of aromatic amines is 1. The van der Waals surface area contributed by atoms with Gasteiger partial charge < -0.3 is 20.5 Å². The van der Waals surface area contributed by atoms with Gasteiger partial charge in [-0.25, -0.2) is 4.79 Å². The van der Waals surface area contributed by atoms with Crippen molar-refractivity contribution in [1.29, 1.82) is 0 Å². The molecule has 1 unspecified atom stereocenters. The molecule has 0 radical (unpaired) electrons. The van der Waals surface area contributed by atoms with Crippen LogP contribution in [0.2, 0.25) is 0 Å². The SMILES string of the molecule is COC(=O)C1=C(N)Oc2n[nH]c(C)c2C12C(=O)Nc1ccccc12. The zero-order valence-electron chi connectivity index (χ0n) is 13.0. The number of H-pyrrole nitrogens is 1. The third kappa shape index (κ3) is 1.49. The molecule has 4 rings (SSSR count). The number of anilines is 1. The van der Waals surface area contributed by atoms with Gasteiger partial charge in [-0.15, -0.1) is 5.10 Å². The molecule has 0 fully saturated rings. The second kappa shape index (κ2) is 4.60. The first-order valence-electron chi connectivity index (χ1n) is 7.24. The van der Waals surface area contributed by atoms with E-state index in [4.69, 9.17) is 15.2 Å². The minimum atomic E-state index is -1.46. The van der Waals surface area contributed by atoms with E-state index in [1.807, 2.05) is 0 Å². The molecule has 0 saturated carbocycles. The minimum Gasteiger partial charge on any atom is -0.465 e. The molecule has 122 valence electrons. The minimum absolute atomic E-state index is 0.0514. The van der Waals surface area contributed by atoms with Crippen LogP contribution in [0.15, 0.2) is 35.7 Å². The van der Waals surface area contributed by atoms with Crippen molar-refractivity contribution in [3.8, 4) is 5.88 Å². The van der Waals surface area contributed by atoms with Crippen LogP contribution >= 0.6 is 0 Å². The zero-order valence-corrected chi connectivity index (χ0v) is 13.0. The molecule has 1 atom stereocenters. The highest BCUT2D eigenvalue weighted by molar-refractivity contribution is 6.17. The summed E-state index contributed by atoms with van der Waals surface area (Å²) in [4.78, 5) is 25.6. The Bertz CT molecular complexity index is 930.